The molecule has 0 radical (unpaired) electrons. The maximum Gasteiger partial charge on any atom is 0.0736 e. The molecule has 2 aromatic carbocycles. The van der Waals surface area contributed by atoms with E-state index < -0.39 is 0 Å². The van der Waals surface area contributed by atoms with Gasteiger partial charge < -0.3 is 0 Å². The second-order valence-electron chi connectivity index (χ2n) is 6.36. The number of likely N-dealkylation sites (N-methyl/N-ethyl adjacent to an activating group) is 1. The molecule has 114 valence electrons. The third-order valence-corrected chi connectivity index (χ3v) is 4.27. The van der Waals surface area contributed by atoms with Crippen LogP contribution in [0.2, 0.25) is 0 Å². The summed E-state index contributed by atoms with van der Waals surface area (Å²) in [6.45, 7) is 5.35. The van der Waals surface area contributed by atoms with Gasteiger partial charge in [-0.15, -0.1) is 0 Å². The smallest absolute Gasteiger partial charge is 0.0736 e. The van der Waals surface area contributed by atoms with Crippen LogP contribution in [0.5, 0.6) is 0 Å². The Kier molecular flexibility index (Phi) is 4.39. The van der Waals surface area contributed by atoms with E-state index in [1.807, 2.05) is 0 Å². The summed E-state index contributed by atoms with van der Waals surface area (Å²) in [5.74, 6) is 0.388. The van der Waals surface area contributed by atoms with Crippen molar-refractivity contribution >= 4 is 5.71 Å². The Morgan fingerprint density at radius 2 is 1.45 bits per heavy atom. The zero-order valence-corrected chi connectivity index (χ0v) is 13.6. The highest BCUT2D eigenvalue weighted by Gasteiger charge is 2.37. The maximum atomic E-state index is 5.02. The lowest BCUT2D eigenvalue weighted by Crippen LogP contribution is -2.21. The van der Waals surface area contributed by atoms with E-state index in [2.05, 4.69) is 86.5 Å². The molecule has 2 atom stereocenters. The fourth-order valence-corrected chi connectivity index (χ4v) is 3.38. The summed E-state index contributed by atoms with van der Waals surface area (Å²) in [6.07, 6.45) is 0. The molecular formula is C20H24N2. The van der Waals surface area contributed by atoms with Gasteiger partial charge in [-0.1, -0.05) is 60.7 Å². The van der Waals surface area contributed by atoms with Crippen molar-refractivity contribution in [3.63, 3.8) is 0 Å². The van der Waals surface area contributed by atoms with Crippen LogP contribution in [0.1, 0.15) is 36.9 Å². The van der Waals surface area contributed by atoms with Crippen molar-refractivity contribution in [3.8, 4) is 0 Å². The van der Waals surface area contributed by atoms with Crippen LogP contribution in [-0.4, -0.2) is 30.2 Å². The van der Waals surface area contributed by atoms with Gasteiger partial charge in [-0.05, 0) is 32.0 Å². The monoisotopic (exact) mass is 292 g/mol. The number of benzene rings is 2. The summed E-state index contributed by atoms with van der Waals surface area (Å²) < 4.78 is 0. The summed E-state index contributed by atoms with van der Waals surface area (Å²) in [5.41, 5.74) is 4.00. The van der Waals surface area contributed by atoms with Crippen LogP contribution in [0.25, 0.3) is 0 Å². The summed E-state index contributed by atoms with van der Waals surface area (Å²) in [6, 6.07) is 22.1. The lowest BCUT2D eigenvalue weighted by molar-refractivity contribution is 0.339. The molecule has 2 heteroatoms. The summed E-state index contributed by atoms with van der Waals surface area (Å²) in [4.78, 5) is 7.44. The Labute approximate surface area is 133 Å². The van der Waals surface area contributed by atoms with Crippen LogP contribution in [0.15, 0.2) is 65.7 Å². The molecule has 2 nitrogen and oxygen atoms in total. The number of hydrogen-bond acceptors (Lipinski definition) is 2. The molecule has 1 fully saturated rings. The van der Waals surface area contributed by atoms with E-state index in [-0.39, 0.29) is 6.04 Å². The number of hydrogen-bond donors (Lipinski definition) is 0. The van der Waals surface area contributed by atoms with Gasteiger partial charge in [0.05, 0.1) is 6.04 Å². The van der Waals surface area contributed by atoms with Gasteiger partial charge in [0.25, 0.3) is 0 Å². The molecule has 2 unspecified atom stereocenters. The number of aliphatic imine (C=N–C) groups is 1. The Morgan fingerprint density at radius 1 is 0.909 bits per heavy atom. The van der Waals surface area contributed by atoms with E-state index in [1.54, 1.807) is 0 Å². The second-order valence-corrected chi connectivity index (χ2v) is 6.36. The first-order valence-electron chi connectivity index (χ1n) is 8.04. The van der Waals surface area contributed by atoms with Crippen molar-refractivity contribution in [2.75, 3.05) is 13.6 Å². The average molecular weight is 292 g/mol. The SMILES string of the molecule is CC(C)N=C1C(c2ccccc2)CN(C)C1c1ccccc1. The molecule has 2 aromatic rings. The van der Waals surface area contributed by atoms with E-state index in [0.29, 0.717) is 12.0 Å². The van der Waals surface area contributed by atoms with E-state index in [1.165, 1.54) is 16.8 Å². The van der Waals surface area contributed by atoms with Crippen molar-refractivity contribution < 1.29 is 0 Å². The normalized spacial score (nSPS) is 24.3. The molecule has 0 amide bonds. The molecule has 1 heterocycles. The van der Waals surface area contributed by atoms with Crippen LogP contribution >= 0.6 is 0 Å². The van der Waals surface area contributed by atoms with Gasteiger partial charge in [0, 0.05) is 24.2 Å². The Hall–Kier alpha value is -1.93. The van der Waals surface area contributed by atoms with Gasteiger partial charge in [0.1, 0.15) is 0 Å². The molecule has 0 bridgehead atoms. The fraction of sp³-hybridized carbons (Fsp3) is 0.350. The van der Waals surface area contributed by atoms with Gasteiger partial charge in [-0.3, -0.25) is 9.89 Å². The zero-order valence-electron chi connectivity index (χ0n) is 13.6. The van der Waals surface area contributed by atoms with Crippen molar-refractivity contribution in [2.45, 2.75) is 31.8 Å². The Morgan fingerprint density at radius 3 is 2.00 bits per heavy atom. The standard InChI is InChI=1S/C20H24N2/c1-15(2)21-19-18(16-10-6-4-7-11-16)14-22(3)20(19)17-12-8-5-9-13-17/h4-13,15,18,20H,14H2,1-3H3. The lowest BCUT2D eigenvalue weighted by atomic mass is 9.91. The molecule has 0 aliphatic carbocycles. The highest BCUT2D eigenvalue weighted by Crippen LogP contribution is 2.37. The molecule has 3 rings (SSSR count). The first-order chi connectivity index (χ1) is 10.7. The molecular weight excluding hydrogens is 268 g/mol. The predicted octanol–water partition coefficient (Wildman–Crippen LogP) is 4.31. The quantitative estimate of drug-likeness (QED) is 0.823. The molecule has 0 aromatic heterocycles. The van der Waals surface area contributed by atoms with Crippen molar-refractivity contribution in [2.24, 2.45) is 4.99 Å². The predicted molar refractivity (Wildman–Crippen MR) is 93.6 cm³/mol. The molecule has 22 heavy (non-hydrogen) atoms. The minimum absolute atomic E-state index is 0.286. The van der Waals surface area contributed by atoms with E-state index in [4.69, 9.17) is 4.99 Å². The molecule has 1 aliphatic heterocycles. The summed E-state index contributed by atoms with van der Waals surface area (Å²) >= 11 is 0. The van der Waals surface area contributed by atoms with Crippen LogP contribution < -0.4 is 0 Å². The Bertz CT molecular complexity index is 631. The van der Waals surface area contributed by atoms with Crippen molar-refractivity contribution in [3.05, 3.63) is 71.8 Å². The maximum absolute atomic E-state index is 5.02. The van der Waals surface area contributed by atoms with E-state index in [0.717, 1.165) is 6.54 Å². The largest absolute Gasteiger partial charge is 0.293 e. The fourth-order valence-electron chi connectivity index (χ4n) is 3.38. The number of nitrogens with zero attached hydrogens (tertiary/aromatic N) is 2. The van der Waals surface area contributed by atoms with Gasteiger partial charge in [-0.25, -0.2) is 0 Å². The van der Waals surface area contributed by atoms with Gasteiger partial charge in [0.15, 0.2) is 0 Å². The number of rotatable bonds is 3. The van der Waals surface area contributed by atoms with E-state index >= 15 is 0 Å². The third-order valence-electron chi connectivity index (χ3n) is 4.27. The Balaban J connectivity index is 2.03. The van der Waals surface area contributed by atoms with Crippen LogP contribution in [0.3, 0.4) is 0 Å². The first-order valence-corrected chi connectivity index (χ1v) is 8.04. The van der Waals surface area contributed by atoms with Crippen molar-refractivity contribution in [1.82, 2.24) is 4.90 Å². The molecule has 1 saturated heterocycles. The molecule has 0 N–H and O–H groups in total. The second kappa shape index (κ2) is 6.45. The average Bonchev–Trinajstić information content (AvgIpc) is 2.85. The highest BCUT2D eigenvalue weighted by molar-refractivity contribution is 5.98. The van der Waals surface area contributed by atoms with Gasteiger partial charge >= 0.3 is 0 Å². The minimum atomic E-state index is 0.286. The van der Waals surface area contributed by atoms with Crippen molar-refractivity contribution in [1.29, 1.82) is 0 Å². The topological polar surface area (TPSA) is 15.6 Å². The highest BCUT2D eigenvalue weighted by atomic mass is 15.2. The minimum Gasteiger partial charge on any atom is -0.293 e. The van der Waals surface area contributed by atoms with Crippen LogP contribution in [0.4, 0.5) is 0 Å². The van der Waals surface area contributed by atoms with Gasteiger partial charge in [-0.2, -0.15) is 0 Å². The molecule has 1 aliphatic rings. The molecule has 0 spiro atoms. The van der Waals surface area contributed by atoms with Gasteiger partial charge in [0.2, 0.25) is 0 Å². The molecule has 0 saturated carbocycles. The van der Waals surface area contributed by atoms with E-state index in [9.17, 15) is 0 Å². The summed E-state index contributed by atoms with van der Waals surface area (Å²) in [7, 11) is 2.20. The summed E-state index contributed by atoms with van der Waals surface area (Å²) in [5, 5.41) is 0. The third kappa shape index (κ3) is 2.97. The number of likely N-dealkylation sites (tertiary alicyclic amines) is 1. The van der Waals surface area contributed by atoms with Crippen LogP contribution in [0, 0.1) is 0 Å². The lowest BCUT2D eigenvalue weighted by Gasteiger charge is -2.21. The zero-order chi connectivity index (χ0) is 15.5. The van der Waals surface area contributed by atoms with Crippen LogP contribution in [-0.2, 0) is 0 Å². The first kappa shape index (κ1) is 15.0.